The first-order valence-electron chi connectivity index (χ1n) is 6.73. The van der Waals surface area contributed by atoms with Gasteiger partial charge in [0, 0.05) is 10.5 Å². The van der Waals surface area contributed by atoms with E-state index in [0.29, 0.717) is 21.9 Å². The first kappa shape index (κ1) is 17.4. The standard InChI is InChI=1S/C17H15ClO4S/c1-21-15-8-7-11(9-13(15)18)14(19)10-22-17(20)12-5-3-4-6-16(12)23-2/h3-9H,10H2,1-2H3. The molecule has 0 unspecified atom stereocenters. The van der Waals surface area contributed by atoms with Crippen molar-refractivity contribution in [2.75, 3.05) is 20.0 Å². The van der Waals surface area contributed by atoms with Gasteiger partial charge in [0.25, 0.3) is 0 Å². The van der Waals surface area contributed by atoms with Gasteiger partial charge in [-0.1, -0.05) is 23.7 Å². The van der Waals surface area contributed by atoms with Crippen LogP contribution in [0.2, 0.25) is 5.02 Å². The van der Waals surface area contributed by atoms with Crippen LogP contribution in [0.15, 0.2) is 47.4 Å². The minimum atomic E-state index is -0.525. The maximum absolute atomic E-state index is 12.1. The van der Waals surface area contributed by atoms with Crippen molar-refractivity contribution in [3.63, 3.8) is 0 Å². The lowest BCUT2D eigenvalue weighted by Crippen LogP contribution is -2.15. The van der Waals surface area contributed by atoms with Crippen molar-refractivity contribution < 1.29 is 19.1 Å². The molecule has 2 aromatic rings. The van der Waals surface area contributed by atoms with Gasteiger partial charge < -0.3 is 9.47 Å². The number of ether oxygens (including phenoxy) is 2. The zero-order valence-corrected chi connectivity index (χ0v) is 14.2. The SMILES string of the molecule is COc1ccc(C(=O)COC(=O)c2ccccc2SC)cc1Cl. The van der Waals surface area contributed by atoms with E-state index in [1.807, 2.05) is 18.4 Å². The van der Waals surface area contributed by atoms with E-state index >= 15 is 0 Å². The van der Waals surface area contributed by atoms with Crippen LogP contribution in [0.5, 0.6) is 5.75 Å². The number of halogens is 1. The van der Waals surface area contributed by atoms with Crippen molar-refractivity contribution in [1.29, 1.82) is 0 Å². The fourth-order valence-corrected chi connectivity index (χ4v) is 2.79. The lowest BCUT2D eigenvalue weighted by atomic mass is 10.1. The molecule has 120 valence electrons. The summed E-state index contributed by atoms with van der Waals surface area (Å²) in [5.74, 6) is -0.374. The van der Waals surface area contributed by atoms with Crippen molar-refractivity contribution in [3.8, 4) is 5.75 Å². The average Bonchev–Trinajstić information content (AvgIpc) is 2.59. The number of hydrogen-bond donors (Lipinski definition) is 0. The number of benzene rings is 2. The van der Waals surface area contributed by atoms with Crippen LogP contribution in [0.25, 0.3) is 0 Å². The number of methoxy groups -OCH3 is 1. The van der Waals surface area contributed by atoms with Crippen molar-refractivity contribution in [2.24, 2.45) is 0 Å². The molecule has 0 aliphatic rings. The van der Waals surface area contributed by atoms with Gasteiger partial charge in [0.05, 0.1) is 17.7 Å². The molecule has 0 heterocycles. The molecule has 0 bridgehead atoms. The Kier molecular flexibility index (Phi) is 6.07. The molecule has 6 heteroatoms. The zero-order chi connectivity index (χ0) is 16.8. The first-order chi connectivity index (χ1) is 11.1. The maximum atomic E-state index is 12.1. The molecule has 0 aromatic heterocycles. The summed E-state index contributed by atoms with van der Waals surface area (Å²) in [5, 5.41) is 0.331. The Morgan fingerprint density at radius 1 is 1.17 bits per heavy atom. The van der Waals surface area contributed by atoms with Gasteiger partial charge in [-0.05, 0) is 36.6 Å². The lowest BCUT2D eigenvalue weighted by Gasteiger charge is -2.08. The third kappa shape index (κ3) is 4.27. The summed E-state index contributed by atoms with van der Waals surface area (Å²) in [6, 6.07) is 11.8. The Labute approximate surface area is 143 Å². The fourth-order valence-electron chi connectivity index (χ4n) is 1.95. The summed E-state index contributed by atoms with van der Waals surface area (Å²) in [6.45, 7) is -0.343. The van der Waals surface area contributed by atoms with Gasteiger partial charge in [0.15, 0.2) is 12.4 Å². The Bertz CT molecular complexity index is 730. The van der Waals surface area contributed by atoms with Gasteiger partial charge in [-0.2, -0.15) is 0 Å². The van der Waals surface area contributed by atoms with Gasteiger partial charge in [0.2, 0.25) is 0 Å². The number of carbonyl (C=O) groups is 2. The van der Waals surface area contributed by atoms with Crippen LogP contribution in [0.1, 0.15) is 20.7 Å². The van der Waals surface area contributed by atoms with Crippen molar-refractivity contribution in [3.05, 3.63) is 58.6 Å². The molecule has 0 aliphatic carbocycles. The molecule has 0 radical (unpaired) electrons. The van der Waals surface area contributed by atoms with E-state index in [9.17, 15) is 9.59 Å². The number of Topliss-reactive ketones (excluding diaryl/α,β-unsaturated/α-hetero) is 1. The summed E-state index contributed by atoms with van der Waals surface area (Å²) >= 11 is 7.43. The fraction of sp³-hybridized carbons (Fsp3) is 0.176. The summed E-state index contributed by atoms with van der Waals surface area (Å²) < 4.78 is 10.1. The molecule has 0 atom stereocenters. The normalized spacial score (nSPS) is 10.2. The molecule has 4 nitrogen and oxygen atoms in total. The summed E-state index contributed by atoms with van der Waals surface area (Å²) in [7, 11) is 1.49. The lowest BCUT2D eigenvalue weighted by molar-refractivity contribution is 0.0471. The van der Waals surface area contributed by atoms with Crippen LogP contribution in [0.4, 0.5) is 0 Å². The number of rotatable bonds is 6. The van der Waals surface area contributed by atoms with E-state index < -0.39 is 5.97 Å². The summed E-state index contributed by atoms with van der Waals surface area (Å²) in [6.07, 6.45) is 1.87. The molecule has 0 aliphatic heterocycles. The predicted octanol–water partition coefficient (Wildman–Crippen LogP) is 4.11. The first-order valence-corrected chi connectivity index (χ1v) is 8.34. The van der Waals surface area contributed by atoms with Gasteiger partial charge in [0.1, 0.15) is 5.75 Å². The maximum Gasteiger partial charge on any atom is 0.339 e. The van der Waals surface area contributed by atoms with Crippen LogP contribution in [-0.4, -0.2) is 31.7 Å². The molecule has 0 saturated heterocycles. The second-order valence-electron chi connectivity index (χ2n) is 4.55. The minimum absolute atomic E-state index is 0.329. The van der Waals surface area contributed by atoms with Crippen LogP contribution in [0.3, 0.4) is 0 Å². The van der Waals surface area contributed by atoms with Gasteiger partial charge >= 0.3 is 5.97 Å². The van der Waals surface area contributed by atoms with E-state index in [-0.39, 0.29) is 12.4 Å². The van der Waals surface area contributed by atoms with Crippen LogP contribution in [0, 0.1) is 0 Å². The molecule has 0 spiro atoms. The van der Waals surface area contributed by atoms with Crippen LogP contribution >= 0.6 is 23.4 Å². The minimum Gasteiger partial charge on any atom is -0.495 e. The third-order valence-electron chi connectivity index (χ3n) is 3.14. The molecule has 0 amide bonds. The van der Waals surface area contributed by atoms with E-state index in [1.165, 1.54) is 24.9 Å². The number of esters is 1. The van der Waals surface area contributed by atoms with Gasteiger partial charge in [-0.15, -0.1) is 11.8 Å². The second kappa shape index (κ2) is 8.04. The quantitative estimate of drug-likeness (QED) is 0.446. The largest absolute Gasteiger partial charge is 0.495 e. The van der Waals surface area contributed by atoms with Gasteiger partial charge in [-0.3, -0.25) is 4.79 Å². The highest BCUT2D eigenvalue weighted by Crippen LogP contribution is 2.25. The van der Waals surface area contributed by atoms with Crippen molar-refractivity contribution in [1.82, 2.24) is 0 Å². The van der Waals surface area contributed by atoms with Crippen molar-refractivity contribution >= 4 is 35.1 Å². The molecular formula is C17H15ClO4S. The molecule has 0 N–H and O–H groups in total. The van der Waals surface area contributed by atoms with E-state index in [4.69, 9.17) is 21.1 Å². The monoisotopic (exact) mass is 350 g/mol. The third-order valence-corrected chi connectivity index (χ3v) is 4.23. The second-order valence-corrected chi connectivity index (χ2v) is 5.80. The van der Waals surface area contributed by atoms with E-state index in [2.05, 4.69) is 0 Å². The number of hydrogen-bond acceptors (Lipinski definition) is 5. The van der Waals surface area contributed by atoms with Crippen LogP contribution < -0.4 is 4.74 Å². The Balaban J connectivity index is 2.04. The number of carbonyl (C=O) groups excluding carboxylic acids is 2. The topological polar surface area (TPSA) is 52.6 Å². The Hall–Kier alpha value is -1.98. The van der Waals surface area contributed by atoms with Crippen molar-refractivity contribution in [2.45, 2.75) is 4.90 Å². The van der Waals surface area contributed by atoms with E-state index in [1.54, 1.807) is 24.3 Å². The smallest absolute Gasteiger partial charge is 0.339 e. The molecular weight excluding hydrogens is 336 g/mol. The molecule has 0 fully saturated rings. The Morgan fingerprint density at radius 3 is 2.57 bits per heavy atom. The molecule has 2 aromatic carbocycles. The molecule has 2 rings (SSSR count). The van der Waals surface area contributed by atoms with E-state index in [0.717, 1.165) is 4.90 Å². The Morgan fingerprint density at radius 2 is 1.91 bits per heavy atom. The predicted molar refractivity (Wildman–Crippen MR) is 90.8 cm³/mol. The molecule has 23 heavy (non-hydrogen) atoms. The average molecular weight is 351 g/mol. The van der Waals surface area contributed by atoms with Crippen LogP contribution in [-0.2, 0) is 4.74 Å². The summed E-state index contributed by atoms with van der Waals surface area (Å²) in [5.41, 5.74) is 0.808. The highest BCUT2D eigenvalue weighted by Gasteiger charge is 2.15. The highest BCUT2D eigenvalue weighted by atomic mass is 35.5. The number of thioether (sulfide) groups is 1. The van der Waals surface area contributed by atoms with Gasteiger partial charge in [-0.25, -0.2) is 4.79 Å². The molecule has 0 saturated carbocycles. The number of ketones is 1. The highest BCUT2D eigenvalue weighted by molar-refractivity contribution is 7.98. The zero-order valence-electron chi connectivity index (χ0n) is 12.7. The summed E-state index contributed by atoms with van der Waals surface area (Å²) in [4.78, 5) is 25.0.